The van der Waals surface area contributed by atoms with Crippen LogP contribution < -0.4 is 0 Å². The highest BCUT2D eigenvalue weighted by atomic mass is 127. The Labute approximate surface area is 87.3 Å². The van der Waals surface area contributed by atoms with Crippen molar-refractivity contribution < 1.29 is 9.90 Å². The Morgan fingerprint density at radius 2 is 2.25 bits per heavy atom. The van der Waals surface area contributed by atoms with Crippen molar-refractivity contribution in [3.63, 3.8) is 0 Å². The van der Waals surface area contributed by atoms with Crippen LogP contribution in [0.2, 0.25) is 0 Å². The van der Waals surface area contributed by atoms with Gasteiger partial charge in [-0.25, -0.2) is 4.79 Å². The second-order valence-corrected chi connectivity index (χ2v) is 3.71. The molecule has 0 aromatic rings. The fourth-order valence-electron chi connectivity index (χ4n) is 0.916. The first-order valence-corrected chi connectivity index (χ1v) is 5.71. The minimum absolute atomic E-state index is 0.134. The van der Waals surface area contributed by atoms with E-state index in [2.05, 4.69) is 29.5 Å². The number of halogens is 1. The molecule has 1 N–H and O–H groups in total. The number of carboxylic acid groups (broad SMARTS) is 1. The molecule has 0 spiro atoms. The predicted octanol–water partition coefficient (Wildman–Crippen LogP) is 2.59. The number of amides is 1. The van der Waals surface area contributed by atoms with Gasteiger partial charge in [-0.1, -0.05) is 35.9 Å². The fraction of sp³-hybridized carbons (Fsp3) is 0.875. The monoisotopic (exact) mass is 285 g/mol. The summed E-state index contributed by atoms with van der Waals surface area (Å²) in [5, 5.41) is 8.82. The first-order chi connectivity index (χ1) is 5.63. The smallest absolute Gasteiger partial charge is 0.407 e. The summed E-state index contributed by atoms with van der Waals surface area (Å²) in [5.41, 5.74) is 0. The quantitative estimate of drug-likeness (QED) is 0.623. The standard InChI is InChI=1S/C8H16INO2/c1-3-4-5-10(8(11)12)7(2)6-9/h7H,3-6H2,1-2H3,(H,11,12). The van der Waals surface area contributed by atoms with Crippen LogP contribution in [0.4, 0.5) is 4.79 Å². The third kappa shape index (κ3) is 4.13. The maximum Gasteiger partial charge on any atom is 0.407 e. The largest absolute Gasteiger partial charge is 0.465 e. The molecule has 0 rings (SSSR count). The van der Waals surface area contributed by atoms with Gasteiger partial charge in [0.25, 0.3) is 0 Å². The molecule has 0 bridgehead atoms. The van der Waals surface area contributed by atoms with Gasteiger partial charge < -0.3 is 10.0 Å². The summed E-state index contributed by atoms with van der Waals surface area (Å²) in [6, 6.07) is 0.134. The second kappa shape index (κ2) is 6.51. The Balaban J connectivity index is 3.94. The van der Waals surface area contributed by atoms with Gasteiger partial charge in [-0.15, -0.1) is 0 Å². The Morgan fingerprint density at radius 3 is 2.58 bits per heavy atom. The molecule has 1 atom stereocenters. The van der Waals surface area contributed by atoms with E-state index in [0.29, 0.717) is 6.54 Å². The first-order valence-electron chi connectivity index (χ1n) is 4.19. The molecule has 0 saturated heterocycles. The third-order valence-electron chi connectivity index (χ3n) is 1.75. The summed E-state index contributed by atoms with van der Waals surface area (Å²) in [5.74, 6) is 0. The molecular formula is C8H16INO2. The van der Waals surface area contributed by atoms with E-state index in [1.54, 1.807) is 0 Å². The second-order valence-electron chi connectivity index (χ2n) is 2.83. The molecule has 0 aromatic heterocycles. The highest BCUT2D eigenvalue weighted by molar-refractivity contribution is 14.1. The van der Waals surface area contributed by atoms with Gasteiger partial charge in [0.05, 0.1) is 0 Å². The van der Waals surface area contributed by atoms with E-state index in [9.17, 15) is 4.79 Å². The lowest BCUT2D eigenvalue weighted by Gasteiger charge is -2.24. The lowest BCUT2D eigenvalue weighted by atomic mass is 10.3. The van der Waals surface area contributed by atoms with Crippen LogP contribution in [0.3, 0.4) is 0 Å². The molecule has 0 aliphatic carbocycles. The van der Waals surface area contributed by atoms with Crippen LogP contribution in [0.1, 0.15) is 26.7 Å². The van der Waals surface area contributed by atoms with E-state index in [0.717, 1.165) is 17.3 Å². The van der Waals surface area contributed by atoms with E-state index in [1.165, 1.54) is 4.90 Å². The molecule has 0 aromatic carbocycles. The van der Waals surface area contributed by atoms with Crippen LogP contribution in [-0.4, -0.2) is 33.1 Å². The Morgan fingerprint density at radius 1 is 1.67 bits per heavy atom. The van der Waals surface area contributed by atoms with Crippen LogP contribution in [-0.2, 0) is 0 Å². The van der Waals surface area contributed by atoms with E-state index in [-0.39, 0.29) is 6.04 Å². The van der Waals surface area contributed by atoms with Gasteiger partial charge in [0.1, 0.15) is 0 Å². The highest BCUT2D eigenvalue weighted by Gasteiger charge is 2.16. The molecule has 3 nitrogen and oxygen atoms in total. The van der Waals surface area contributed by atoms with Crippen LogP contribution in [0.25, 0.3) is 0 Å². The number of alkyl halides is 1. The average Bonchev–Trinajstić information content (AvgIpc) is 2.04. The maximum atomic E-state index is 10.7. The fourth-order valence-corrected chi connectivity index (χ4v) is 1.39. The van der Waals surface area contributed by atoms with E-state index in [1.807, 2.05) is 6.92 Å². The lowest BCUT2D eigenvalue weighted by molar-refractivity contribution is 0.132. The Kier molecular flexibility index (Phi) is 6.51. The molecule has 0 aliphatic rings. The molecule has 12 heavy (non-hydrogen) atoms. The van der Waals surface area contributed by atoms with Gasteiger partial charge in [0.2, 0.25) is 0 Å². The summed E-state index contributed by atoms with van der Waals surface area (Å²) < 4.78 is 0.855. The van der Waals surface area contributed by atoms with Gasteiger partial charge in [-0.05, 0) is 13.3 Å². The first kappa shape index (κ1) is 12.0. The van der Waals surface area contributed by atoms with Gasteiger partial charge in [0, 0.05) is 17.0 Å². The van der Waals surface area contributed by atoms with Crippen molar-refractivity contribution in [2.24, 2.45) is 0 Å². The molecule has 0 aliphatic heterocycles. The Bertz CT molecular complexity index is 141. The molecule has 0 fully saturated rings. The number of nitrogens with zero attached hydrogens (tertiary/aromatic N) is 1. The van der Waals surface area contributed by atoms with Crippen molar-refractivity contribution in [2.45, 2.75) is 32.7 Å². The SMILES string of the molecule is CCCCN(C(=O)O)C(C)CI. The van der Waals surface area contributed by atoms with Crippen LogP contribution in [0.15, 0.2) is 0 Å². The molecular weight excluding hydrogens is 269 g/mol. The summed E-state index contributed by atoms with van der Waals surface area (Å²) in [7, 11) is 0. The zero-order valence-electron chi connectivity index (χ0n) is 7.59. The van der Waals surface area contributed by atoms with Crippen molar-refractivity contribution in [2.75, 3.05) is 11.0 Å². The van der Waals surface area contributed by atoms with Crippen LogP contribution >= 0.6 is 22.6 Å². The minimum Gasteiger partial charge on any atom is -0.465 e. The van der Waals surface area contributed by atoms with Gasteiger partial charge >= 0.3 is 6.09 Å². The number of carbonyl (C=O) groups is 1. The van der Waals surface area contributed by atoms with Gasteiger partial charge in [-0.2, -0.15) is 0 Å². The maximum absolute atomic E-state index is 10.7. The zero-order chi connectivity index (χ0) is 9.56. The molecule has 1 unspecified atom stereocenters. The molecule has 0 saturated carbocycles. The summed E-state index contributed by atoms with van der Waals surface area (Å²) in [6.07, 6.45) is 1.19. The minimum atomic E-state index is -0.799. The number of rotatable bonds is 5. The van der Waals surface area contributed by atoms with Gasteiger partial charge in [0.15, 0.2) is 0 Å². The van der Waals surface area contributed by atoms with Crippen molar-refractivity contribution in [1.29, 1.82) is 0 Å². The summed E-state index contributed by atoms with van der Waals surface area (Å²) in [4.78, 5) is 12.2. The summed E-state index contributed by atoms with van der Waals surface area (Å²) >= 11 is 2.21. The zero-order valence-corrected chi connectivity index (χ0v) is 9.74. The van der Waals surface area contributed by atoms with Crippen molar-refractivity contribution in [3.8, 4) is 0 Å². The normalized spacial score (nSPS) is 12.6. The molecule has 1 amide bonds. The average molecular weight is 285 g/mol. The van der Waals surface area contributed by atoms with E-state index < -0.39 is 6.09 Å². The molecule has 4 heteroatoms. The lowest BCUT2D eigenvalue weighted by Crippen LogP contribution is -2.39. The van der Waals surface area contributed by atoms with Crippen molar-refractivity contribution in [3.05, 3.63) is 0 Å². The molecule has 0 heterocycles. The molecule has 0 radical (unpaired) electrons. The topological polar surface area (TPSA) is 40.5 Å². The van der Waals surface area contributed by atoms with E-state index >= 15 is 0 Å². The third-order valence-corrected chi connectivity index (χ3v) is 3.03. The van der Waals surface area contributed by atoms with Crippen LogP contribution in [0.5, 0.6) is 0 Å². The number of unbranched alkanes of at least 4 members (excludes halogenated alkanes) is 1. The van der Waals surface area contributed by atoms with Crippen molar-refractivity contribution >= 4 is 28.7 Å². The van der Waals surface area contributed by atoms with Crippen molar-refractivity contribution in [1.82, 2.24) is 4.90 Å². The molecule has 72 valence electrons. The van der Waals surface area contributed by atoms with Crippen LogP contribution in [0, 0.1) is 0 Å². The number of hydrogen-bond donors (Lipinski definition) is 1. The Hall–Kier alpha value is 0. The van der Waals surface area contributed by atoms with Gasteiger partial charge in [-0.3, -0.25) is 0 Å². The highest BCUT2D eigenvalue weighted by Crippen LogP contribution is 2.05. The van der Waals surface area contributed by atoms with E-state index in [4.69, 9.17) is 5.11 Å². The summed E-state index contributed by atoms with van der Waals surface area (Å²) in [6.45, 7) is 4.67. The predicted molar refractivity (Wildman–Crippen MR) is 58.0 cm³/mol. The number of hydrogen-bond acceptors (Lipinski definition) is 1.